The second kappa shape index (κ2) is 7.99. The Bertz CT molecular complexity index is 671. The maximum atomic E-state index is 10.9. The third-order valence-electron chi connectivity index (χ3n) is 7.80. The average molecular weight is 371 g/mol. The van der Waals surface area contributed by atoms with Gasteiger partial charge in [-0.2, -0.15) is 0 Å². The lowest BCUT2D eigenvalue weighted by Gasteiger charge is -2.54. The summed E-state index contributed by atoms with van der Waals surface area (Å²) in [6, 6.07) is 1.90. The normalized spacial score (nSPS) is 34.6. The summed E-state index contributed by atoms with van der Waals surface area (Å²) in [5.74, 6) is 1.18. The Morgan fingerprint density at radius 2 is 2.19 bits per heavy atom. The molecule has 2 heteroatoms. The molecule has 2 aliphatic carbocycles. The lowest BCUT2D eigenvalue weighted by Crippen LogP contribution is -2.45. The van der Waals surface area contributed by atoms with Crippen LogP contribution in [0.15, 0.2) is 46.8 Å². The van der Waals surface area contributed by atoms with Gasteiger partial charge in [-0.1, -0.05) is 44.4 Å². The van der Waals surface area contributed by atoms with Crippen LogP contribution >= 0.6 is 0 Å². The standard InChI is InChI=1S/C25H38O2/c1-18(2)8-6-13-24(4)14-7-9-22-21(24)11-10-19(3)25(22,5)16-23(26)20-12-15-27-17-20/h11-12,15,17,19,22-23,26H,1,6-10,13-14,16H2,2-5H3/t19-,22-,23-,24-,25-/m1/s1. The molecule has 1 N–H and O–H groups in total. The average Bonchev–Trinajstić information content (AvgIpc) is 3.13. The first-order chi connectivity index (χ1) is 12.8. The van der Waals surface area contributed by atoms with Crippen molar-refractivity contribution in [3.8, 4) is 0 Å². The zero-order valence-corrected chi connectivity index (χ0v) is 17.8. The van der Waals surface area contributed by atoms with Crippen molar-refractivity contribution in [1.29, 1.82) is 0 Å². The van der Waals surface area contributed by atoms with Crippen LogP contribution in [-0.4, -0.2) is 5.11 Å². The van der Waals surface area contributed by atoms with Crippen LogP contribution < -0.4 is 0 Å². The fourth-order valence-corrected chi connectivity index (χ4v) is 5.80. The molecule has 1 saturated carbocycles. The highest BCUT2D eigenvalue weighted by atomic mass is 16.3. The van der Waals surface area contributed by atoms with Gasteiger partial charge in [-0.05, 0) is 80.6 Å². The smallest absolute Gasteiger partial charge is 0.0960 e. The minimum Gasteiger partial charge on any atom is -0.472 e. The van der Waals surface area contributed by atoms with Crippen LogP contribution in [0.25, 0.3) is 0 Å². The zero-order valence-electron chi connectivity index (χ0n) is 17.8. The van der Waals surface area contributed by atoms with Crippen molar-refractivity contribution in [2.45, 2.75) is 85.2 Å². The Balaban J connectivity index is 1.81. The maximum Gasteiger partial charge on any atom is 0.0960 e. The molecule has 5 atom stereocenters. The van der Waals surface area contributed by atoms with Crippen molar-refractivity contribution in [2.24, 2.45) is 22.7 Å². The first kappa shape index (κ1) is 20.5. The number of aliphatic hydroxyl groups is 1. The first-order valence-electron chi connectivity index (χ1n) is 10.8. The van der Waals surface area contributed by atoms with Crippen LogP contribution in [0.4, 0.5) is 0 Å². The predicted octanol–water partition coefficient (Wildman–Crippen LogP) is 7.23. The molecule has 0 radical (unpaired) electrons. The summed E-state index contributed by atoms with van der Waals surface area (Å²) in [6.45, 7) is 13.5. The van der Waals surface area contributed by atoms with Gasteiger partial charge < -0.3 is 9.52 Å². The van der Waals surface area contributed by atoms with Crippen LogP contribution in [0.3, 0.4) is 0 Å². The van der Waals surface area contributed by atoms with Crippen LogP contribution in [0.2, 0.25) is 0 Å². The fourth-order valence-electron chi connectivity index (χ4n) is 5.80. The molecule has 3 rings (SSSR count). The Labute approximate surface area is 165 Å². The van der Waals surface area contributed by atoms with Gasteiger partial charge in [0, 0.05) is 5.56 Å². The van der Waals surface area contributed by atoms with E-state index in [1.165, 1.54) is 37.7 Å². The molecule has 2 aliphatic rings. The van der Waals surface area contributed by atoms with E-state index in [4.69, 9.17) is 4.42 Å². The van der Waals surface area contributed by atoms with E-state index in [1.54, 1.807) is 18.1 Å². The lowest BCUT2D eigenvalue weighted by molar-refractivity contribution is 0.00550. The van der Waals surface area contributed by atoms with Gasteiger partial charge in [-0.3, -0.25) is 0 Å². The quantitative estimate of drug-likeness (QED) is 0.514. The van der Waals surface area contributed by atoms with Gasteiger partial charge in [-0.25, -0.2) is 0 Å². The Kier molecular flexibility index (Phi) is 6.05. The Morgan fingerprint density at radius 1 is 1.41 bits per heavy atom. The largest absolute Gasteiger partial charge is 0.472 e. The van der Waals surface area contributed by atoms with E-state index in [0.29, 0.717) is 17.3 Å². The third kappa shape index (κ3) is 4.11. The maximum absolute atomic E-state index is 10.9. The van der Waals surface area contributed by atoms with Gasteiger partial charge in [0.05, 0.1) is 18.6 Å². The van der Waals surface area contributed by atoms with Crippen molar-refractivity contribution in [3.05, 3.63) is 48.0 Å². The van der Waals surface area contributed by atoms with E-state index in [0.717, 1.165) is 24.8 Å². The molecule has 1 aromatic heterocycles. The Morgan fingerprint density at radius 3 is 2.85 bits per heavy atom. The molecule has 0 aromatic carbocycles. The van der Waals surface area contributed by atoms with E-state index in [2.05, 4.69) is 40.3 Å². The minimum atomic E-state index is -0.438. The minimum absolute atomic E-state index is 0.136. The number of rotatable bonds is 7. The number of fused-ring (bicyclic) bond motifs is 1. The predicted molar refractivity (Wildman–Crippen MR) is 112 cm³/mol. The van der Waals surface area contributed by atoms with E-state index in [1.807, 2.05) is 6.07 Å². The number of hydrogen-bond donors (Lipinski definition) is 1. The first-order valence-corrected chi connectivity index (χ1v) is 10.8. The van der Waals surface area contributed by atoms with Gasteiger partial charge in [0.25, 0.3) is 0 Å². The highest BCUT2D eigenvalue weighted by Crippen LogP contribution is 2.60. The molecule has 0 unspecified atom stereocenters. The van der Waals surface area contributed by atoms with Crippen molar-refractivity contribution in [1.82, 2.24) is 0 Å². The fraction of sp³-hybridized carbons (Fsp3) is 0.680. The van der Waals surface area contributed by atoms with Crippen molar-refractivity contribution in [2.75, 3.05) is 0 Å². The summed E-state index contributed by atoms with van der Waals surface area (Å²) >= 11 is 0. The molecule has 2 nitrogen and oxygen atoms in total. The molecule has 1 fully saturated rings. The number of allylic oxidation sites excluding steroid dienone is 3. The van der Waals surface area contributed by atoms with E-state index in [-0.39, 0.29) is 5.41 Å². The second-order valence-corrected chi connectivity index (χ2v) is 9.89. The van der Waals surface area contributed by atoms with Crippen LogP contribution in [0.1, 0.15) is 90.7 Å². The Hall–Kier alpha value is -1.28. The highest BCUT2D eigenvalue weighted by molar-refractivity contribution is 5.26. The summed E-state index contributed by atoms with van der Waals surface area (Å²) in [7, 11) is 0. The highest BCUT2D eigenvalue weighted by Gasteiger charge is 2.49. The van der Waals surface area contributed by atoms with E-state index in [9.17, 15) is 5.11 Å². The lowest BCUT2D eigenvalue weighted by atomic mass is 9.50. The van der Waals surface area contributed by atoms with Gasteiger partial charge in [0.2, 0.25) is 0 Å². The molecule has 0 amide bonds. The SMILES string of the molecule is C=C(C)CCC[C@]1(C)CCC[C@@H]2C1=CC[C@@H](C)[C@@]2(C)C[C@@H](O)c1ccoc1. The monoisotopic (exact) mass is 370 g/mol. The zero-order chi connectivity index (χ0) is 19.7. The molecular formula is C25H38O2. The summed E-state index contributed by atoms with van der Waals surface area (Å²) < 4.78 is 5.21. The van der Waals surface area contributed by atoms with Crippen molar-refractivity contribution < 1.29 is 9.52 Å². The molecule has 1 aromatic rings. The molecular weight excluding hydrogens is 332 g/mol. The molecule has 1 heterocycles. The van der Waals surface area contributed by atoms with Crippen molar-refractivity contribution in [3.63, 3.8) is 0 Å². The summed E-state index contributed by atoms with van der Waals surface area (Å²) in [5.41, 5.74) is 4.36. The summed E-state index contributed by atoms with van der Waals surface area (Å²) in [4.78, 5) is 0. The molecule has 150 valence electrons. The van der Waals surface area contributed by atoms with Crippen molar-refractivity contribution >= 4 is 0 Å². The van der Waals surface area contributed by atoms with Crippen LogP contribution in [-0.2, 0) is 0 Å². The number of aliphatic hydroxyl groups excluding tert-OH is 1. The third-order valence-corrected chi connectivity index (χ3v) is 7.80. The molecule has 27 heavy (non-hydrogen) atoms. The van der Waals surface area contributed by atoms with Crippen LogP contribution in [0.5, 0.6) is 0 Å². The molecule has 0 bridgehead atoms. The van der Waals surface area contributed by atoms with Crippen LogP contribution in [0, 0.1) is 22.7 Å². The van der Waals surface area contributed by atoms with E-state index >= 15 is 0 Å². The van der Waals surface area contributed by atoms with Gasteiger partial charge in [0.15, 0.2) is 0 Å². The van der Waals surface area contributed by atoms with Gasteiger partial charge in [-0.15, -0.1) is 6.58 Å². The van der Waals surface area contributed by atoms with Gasteiger partial charge >= 0.3 is 0 Å². The second-order valence-electron chi connectivity index (χ2n) is 9.89. The topological polar surface area (TPSA) is 33.4 Å². The molecule has 0 spiro atoms. The number of hydrogen-bond acceptors (Lipinski definition) is 2. The summed E-state index contributed by atoms with van der Waals surface area (Å²) in [6.07, 6.45) is 15.0. The van der Waals surface area contributed by atoms with Gasteiger partial charge in [0.1, 0.15) is 0 Å². The van der Waals surface area contributed by atoms with E-state index < -0.39 is 6.10 Å². The molecule has 0 saturated heterocycles. The summed E-state index contributed by atoms with van der Waals surface area (Å²) in [5, 5.41) is 10.9. The molecule has 0 aliphatic heterocycles. The number of furan rings is 1.